The topological polar surface area (TPSA) is 60.3 Å². The Morgan fingerprint density at radius 3 is 2.00 bits per heavy atom. The first-order chi connectivity index (χ1) is 3.98. The van der Waals surface area contributed by atoms with Gasteiger partial charge in [-0.2, -0.15) is 0 Å². The van der Waals surface area contributed by atoms with Crippen LogP contribution in [-0.4, -0.2) is 21.5 Å². The molecule has 0 radical (unpaired) electrons. The molecule has 0 amide bonds. The molecule has 0 aromatic rings. The van der Waals surface area contributed by atoms with Gasteiger partial charge in [0.1, 0.15) is 10.2 Å². The van der Waals surface area contributed by atoms with Gasteiger partial charge in [0.15, 0.2) is 0 Å². The van der Waals surface area contributed by atoms with Crippen LogP contribution in [0.5, 0.6) is 0 Å². The van der Waals surface area contributed by atoms with Crippen molar-refractivity contribution >= 4 is 10.2 Å². The van der Waals surface area contributed by atoms with E-state index >= 15 is 0 Å². The van der Waals surface area contributed by atoms with Gasteiger partial charge in [-0.3, -0.25) is 0 Å². The second-order valence-electron chi connectivity index (χ2n) is 1.93. The lowest BCUT2D eigenvalue weighted by Crippen LogP contribution is -2.28. The molecule has 0 saturated carbocycles. The SMILES string of the molecule is C[N-]S(=O)(=O)NC(C)C. The highest BCUT2D eigenvalue weighted by atomic mass is 32.2. The first-order valence-electron chi connectivity index (χ1n) is 2.61. The second-order valence-corrected chi connectivity index (χ2v) is 3.48. The standard InChI is InChI=1S/C4H11N2O2S/c1-4(2)6-9(7,8)5-3/h4,6H,1-3H3/q-1. The zero-order chi connectivity index (χ0) is 7.49. The summed E-state index contributed by atoms with van der Waals surface area (Å²) in [7, 11) is -2.10. The fraction of sp³-hybridized carbons (Fsp3) is 1.00. The highest BCUT2D eigenvalue weighted by Crippen LogP contribution is 1.92. The van der Waals surface area contributed by atoms with E-state index < -0.39 is 10.2 Å². The molecule has 0 aliphatic rings. The van der Waals surface area contributed by atoms with Crippen molar-refractivity contribution in [3.63, 3.8) is 0 Å². The molecular weight excluding hydrogens is 140 g/mol. The van der Waals surface area contributed by atoms with Crippen molar-refractivity contribution in [1.82, 2.24) is 4.72 Å². The average molecular weight is 151 g/mol. The van der Waals surface area contributed by atoms with Crippen LogP contribution in [0.3, 0.4) is 0 Å². The monoisotopic (exact) mass is 151 g/mol. The van der Waals surface area contributed by atoms with Crippen molar-refractivity contribution < 1.29 is 8.42 Å². The Morgan fingerprint density at radius 2 is 1.89 bits per heavy atom. The van der Waals surface area contributed by atoms with E-state index in [0.29, 0.717) is 0 Å². The number of hydrogen-bond acceptors (Lipinski definition) is 2. The quantitative estimate of drug-likeness (QED) is 0.627. The molecule has 0 bridgehead atoms. The van der Waals surface area contributed by atoms with Gasteiger partial charge >= 0.3 is 0 Å². The lowest BCUT2D eigenvalue weighted by Gasteiger charge is -2.16. The van der Waals surface area contributed by atoms with Crippen LogP contribution in [0.1, 0.15) is 13.8 Å². The van der Waals surface area contributed by atoms with Crippen molar-refractivity contribution in [2.75, 3.05) is 7.05 Å². The third-order valence-corrected chi connectivity index (χ3v) is 1.87. The maximum absolute atomic E-state index is 10.5. The predicted molar refractivity (Wildman–Crippen MR) is 36.5 cm³/mol. The molecule has 0 aliphatic carbocycles. The fourth-order valence-electron chi connectivity index (χ4n) is 0.351. The van der Waals surface area contributed by atoms with Crippen molar-refractivity contribution in [1.29, 1.82) is 0 Å². The summed E-state index contributed by atoms with van der Waals surface area (Å²) in [5.41, 5.74) is 0. The molecule has 0 unspecified atom stereocenters. The summed E-state index contributed by atoms with van der Waals surface area (Å²) >= 11 is 0. The van der Waals surface area contributed by atoms with E-state index in [0.717, 1.165) is 0 Å². The Morgan fingerprint density at radius 1 is 1.44 bits per heavy atom. The fourth-order valence-corrected chi connectivity index (χ4v) is 1.05. The Balaban J connectivity index is 3.90. The van der Waals surface area contributed by atoms with E-state index in [4.69, 9.17) is 0 Å². The Bertz CT molecular complexity index is 161. The Kier molecular flexibility index (Phi) is 3.10. The van der Waals surface area contributed by atoms with Crippen molar-refractivity contribution in [3.05, 3.63) is 4.72 Å². The summed E-state index contributed by atoms with van der Waals surface area (Å²) < 4.78 is 26.5. The van der Waals surface area contributed by atoms with E-state index in [1.807, 2.05) is 0 Å². The van der Waals surface area contributed by atoms with Crippen LogP contribution in [0.4, 0.5) is 0 Å². The number of hydrogen-bond donors (Lipinski definition) is 1. The molecule has 0 aromatic carbocycles. The van der Waals surface area contributed by atoms with E-state index in [-0.39, 0.29) is 6.04 Å². The molecule has 0 spiro atoms. The summed E-state index contributed by atoms with van der Waals surface area (Å²) in [5.74, 6) is 0. The normalized spacial score (nSPS) is 12.4. The third kappa shape index (κ3) is 4.38. The zero-order valence-electron chi connectivity index (χ0n) is 5.75. The number of nitrogens with one attached hydrogen (secondary N) is 1. The lowest BCUT2D eigenvalue weighted by atomic mass is 10.4. The van der Waals surface area contributed by atoms with Gasteiger partial charge in [-0.05, 0) is 13.8 Å². The smallest absolute Gasteiger partial charge is 0.134 e. The average Bonchev–Trinajstić information content (AvgIpc) is 1.63. The summed E-state index contributed by atoms with van der Waals surface area (Å²) in [6.45, 7) is 3.48. The van der Waals surface area contributed by atoms with Crippen LogP contribution in [0.25, 0.3) is 4.72 Å². The van der Waals surface area contributed by atoms with Gasteiger partial charge in [-0.25, -0.2) is 13.1 Å². The van der Waals surface area contributed by atoms with E-state index in [1.165, 1.54) is 7.05 Å². The molecule has 5 heteroatoms. The first-order valence-corrected chi connectivity index (χ1v) is 4.05. The Hall–Kier alpha value is -0.130. The molecule has 0 aromatic heterocycles. The predicted octanol–water partition coefficient (Wildman–Crippen LogP) is 0.233. The molecule has 0 rings (SSSR count). The molecular formula is C4H11N2O2S-. The lowest BCUT2D eigenvalue weighted by molar-refractivity contribution is 0.577. The molecule has 0 fully saturated rings. The summed E-state index contributed by atoms with van der Waals surface area (Å²) in [6.07, 6.45) is 0. The van der Waals surface area contributed by atoms with Crippen LogP contribution in [0, 0.1) is 0 Å². The molecule has 0 saturated heterocycles. The van der Waals surface area contributed by atoms with Gasteiger partial charge in [0.25, 0.3) is 0 Å². The first kappa shape index (κ1) is 8.87. The van der Waals surface area contributed by atoms with Crippen LogP contribution in [-0.2, 0) is 10.2 Å². The summed E-state index contributed by atoms with van der Waals surface area (Å²) in [4.78, 5) is 0. The maximum Gasteiger partial charge on any atom is 0.134 e. The maximum atomic E-state index is 10.5. The minimum Gasteiger partial charge on any atom is -0.538 e. The second kappa shape index (κ2) is 3.14. The van der Waals surface area contributed by atoms with Crippen LogP contribution in [0.15, 0.2) is 0 Å². The minimum atomic E-state index is -3.34. The van der Waals surface area contributed by atoms with Crippen molar-refractivity contribution in [3.8, 4) is 0 Å². The Labute approximate surface area is 55.8 Å². The van der Waals surface area contributed by atoms with Gasteiger partial charge in [0, 0.05) is 6.04 Å². The molecule has 56 valence electrons. The molecule has 0 aliphatic heterocycles. The number of nitrogens with zero attached hydrogens (tertiary/aromatic N) is 1. The van der Waals surface area contributed by atoms with E-state index in [2.05, 4.69) is 9.44 Å². The van der Waals surface area contributed by atoms with Crippen LogP contribution in [0.2, 0.25) is 0 Å². The molecule has 1 N–H and O–H groups in total. The molecule has 0 heterocycles. The summed E-state index contributed by atoms with van der Waals surface area (Å²) in [5, 5.41) is 0. The van der Waals surface area contributed by atoms with Crippen molar-refractivity contribution in [2.45, 2.75) is 19.9 Å². The van der Waals surface area contributed by atoms with Crippen molar-refractivity contribution in [2.24, 2.45) is 0 Å². The van der Waals surface area contributed by atoms with Gasteiger partial charge < -0.3 is 4.72 Å². The zero-order valence-corrected chi connectivity index (χ0v) is 6.57. The third-order valence-electron chi connectivity index (χ3n) is 0.625. The van der Waals surface area contributed by atoms with Crippen LogP contribution >= 0.6 is 0 Å². The van der Waals surface area contributed by atoms with Gasteiger partial charge in [0.2, 0.25) is 0 Å². The minimum absolute atomic E-state index is 0.0845. The molecule has 0 atom stereocenters. The largest absolute Gasteiger partial charge is 0.538 e. The molecule has 9 heavy (non-hydrogen) atoms. The highest BCUT2D eigenvalue weighted by molar-refractivity contribution is 7.92. The van der Waals surface area contributed by atoms with Gasteiger partial charge in [-0.1, -0.05) is 0 Å². The number of rotatable bonds is 3. The van der Waals surface area contributed by atoms with E-state index in [9.17, 15) is 8.42 Å². The highest BCUT2D eigenvalue weighted by Gasteiger charge is 1.97. The van der Waals surface area contributed by atoms with Crippen LogP contribution < -0.4 is 4.72 Å². The van der Waals surface area contributed by atoms with Gasteiger partial charge in [-0.15, -0.1) is 7.05 Å². The van der Waals surface area contributed by atoms with Gasteiger partial charge in [0.05, 0.1) is 0 Å². The van der Waals surface area contributed by atoms with E-state index in [1.54, 1.807) is 13.8 Å². The summed E-state index contributed by atoms with van der Waals surface area (Å²) in [6, 6.07) is -0.0845. The molecule has 4 nitrogen and oxygen atoms in total.